The zero-order chi connectivity index (χ0) is 27.8. The van der Waals surface area contributed by atoms with Crippen LogP contribution >= 0.6 is 0 Å². The Hall–Kier alpha value is -3.50. The molecule has 0 fully saturated rings. The summed E-state index contributed by atoms with van der Waals surface area (Å²) in [6, 6.07) is 26.6. The zero-order valence-corrected chi connectivity index (χ0v) is 23.9. The van der Waals surface area contributed by atoms with Crippen molar-refractivity contribution in [2.75, 3.05) is 13.2 Å². The zero-order valence-electron chi connectivity index (χ0n) is 23.9. The van der Waals surface area contributed by atoms with E-state index in [1.807, 2.05) is 24.3 Å². The minimum atomic E-state index is 0.255. The van der Waals surface area contributed by atoms with Crippen LogP contribution in [0, 0.1) is 0 Å². The maximum Gasteiger partial charge on any atom is 0.119 e. The van der Waals surface area contributed by atoms with Gasteiger partial charge in [0.2, 0.25) is 0 Å². The maximum absolute atomic E-state index is 10.0. The van der Waals surface area contributed by atoms with Crippen LogP contribution in [0.4, 0.5) is 0 Å². The molecule has 4 heteroatoms. The fraction of sp³-hybridized carbons (Fsp3) is 0.371. The first-order valence-electron chi connectivity index (χ1n) is 14.3. The highest BCUT2D eigenvalue weighted by molar-refractivity contribution is 5.93. The molecule has 0 atom stereocenters. The smallest absolute Gasteiger partial charge is 0.119 e. The summed E-state index contributed by atoms with van der Waals surface area (Å²) in [5.41, 5.74) is 4.57. The summed E-state index contributed by atoms with van der Waals surface area (Å²) in [6.45, 7) is 11.0. The molecule has 0 aliphatic rings. The fourth-order valence-electron chi connectivity index (χ4n) is 5.44. The van der Waals surface area contributed by atoms with E-state index in [2.05, 4.69) is 62.9 Å². The van der Waals surface area contributed by atoms with Gasteiger partial charge in [-0.05, 0) is 123 Å². The molecule has 0 heterocycles. The molecular formula is C35H43NO3. The maximum atomic E-state index is 10.0. The second-order valence-corrected chi connectivity index (χ2v) is 11.1. The van der Waals surface area contributed by atoms with E-state index in [-0.39, 0.29) is 11.5 Å². The molecule has 0 aliphatic carbocycles. The van der Waals surface area contributed by atoms with Gasteiger partial charge >= 0.3 is 0 Å². The van der Waals surface area contributed by atoms with E-state index >= 15 is 0 Å². The number of hydrogen-bond acceptors (Lipinski definition) is 4. The Morgan fingerprint density at radius 2 is 1.36 bits per heavy atom. The number of phenols is 2. The van der Waals surface area contributed by atoms with Gasteiger partial charge in [-0.2, -0.15) is 0 Å². The number of aromatic hydroxyl groups is 2. The first-order valence-corrected chi connectivity index (χ1v) is 14.3. The Labute approximate surface area is 233 Å². The highest BCUT2D eigenvalue weighted by Gasteiger charge is 2.13. The quantitative estimate of drug-likeness (QED) is 0.172. The molecule has 0 spiro atoms. The Bertz CT molecular complexity index is 1320. The third-order valence-electron chi connectivity index (χ3n) is 7.50. The molecule has 206 valence electrons. The number of nitrogens with zero attached hydrogens (tertiary/aromatic N) is 1. The molecule has 4 rings (SSSR count). The Kier molecular flexibility index (Phi) is 9.89. The largest absolute Gasteiger partial charge is 0.508 e. The Morgan fingerprint density at radius 1 is 0.692 bits per heavy atom. The molecule has 4 aromatic carbocycles. The monoisotopic (exact) mass is 525 g/mol. The summed E-state index contributed by atoms with van der Waals surface area (Å²) >= 11 is 0. The van der Waals surface area contributed by atoms with E-state index in [1.165, 1.54) is 36.9 Å². The van der Waals surface area contributed by atoms with Crippen molar-refractivity contribution in [2.24, 2.45) is 0 Å². The van der Waals surface area contributed by atoms with Crippen molar-refractivity contribution in [1.82, 2.24) is 4.90 Å². The van der Waals surface area contributed by atoms with Gasteiger partial charge in [0.15, 0.2) is 0 Å². The molecule has 0 aliphatic heterocycles. The molecular weight excluding hydrogens is 482 g/mol. The lowest BCUT2D eigenvalue weighted by atomic mass is 9.90. The van der Waals surface area contributed by atoms with Gasteiger partial charge in [0.1, 0.15) is 17.2 Å². The molecule has 0 saturated carbocycles. The molecule has 0 amide bonds. The summed E-state index contributed by atoms with van der Waals surface area (Å²) in [4.78, 5) is 2.56. The van der Waals surface area contributed by atoms with Crippen molar-refractivity contribution < 1.29 is 14.9 Å². The number of hydrogen-bond donors (Lipinski definition) is 2. The fourth-order valence-corrected chi connectivity index (χ4v) is 5.44. The average Bonchev–Trinajstić information content (AvgIpc) is 2.91. The molecule has 0 saturated heterocycles. The number of ether oxygens (including phenoxy) is 1. The lowest BCUT2D eigenvalue weighted by molar-refractivity contribution is 0.171. The molecule has 39 heavy (non-hydrogen) atoms. The van der Waals surface area contributed by atoms with Gasteiger partial charge in [-0.3, -0.25) is 4.90 Å². The van der Waals surface area contributed by atoms with Gasteiger partial charge in [0.05, 0.1) is 6.61 Å². The highest BCUT2D eigenvalue weighted by Crippen LogP contribution is 2.34. The van der Waals surface area contributed by atoms with Crippen LogP contribution in [0.2, 0.25) is 0 Å². The van der Waals surface area contributed by atoms with Crippen LogP contribution in [-0.2, 0) is 6.42 Å². The van der Waals surface area contributed by atoms with Crippen molar-refractivity contribution in [3.05, 3.63) is 90.0 Å². The summed E-state index contributed by atoms with van der Waals surface area (Å²) in [5, 5.41) is 21.9. The lowest BCUT2D eigenvalue weighted by Crippen LogP contribution is -2.37. The van der Waals surface area contributed by atoms with Gasteiger partial charge in [-0.25, -0.2) is 0 Å². The molecule has 0 unspecified atom stereocenters. The normalized spacial score (nSPS) is 11.7. The van der Waals surface area contributed by atoms with E-state index in [1.54, 1.807) is 24.3 Å². The molecule has 4 nitrogen and oxygen atoms in total. The number of unbranched alkanes of at least 4 members (excludes halogenated alkanes) is 3. The standard InChI is InChI=1S/C35H43NO3/c1-25(2)36(26(3)4)21-7-5-6-8-22-39-32-17-9-27(10-18-32)23-35-33(28-11-14-30(37)15-12-28)19-13-29-24-31(38)16-20-34(29)35/h9-20,24-26,37-38H,5-8,21-23H2,1-4H3. The van der Waals surface area contributed by atoms with Crippen LogP contribution in [0.15, 0.2) is 78.9 Å². The lowest BCUT2D eigenvalue weighted by Gasteiger charge is -2.30. The second-order valence-electron chi connectivity index (χ2n) is 11.1. The second kappa shape index (κ2) is 13.5. The molecule has 0 aromatic heterocycles. The summed E-state index contributed by atoms with van der Waals surface area (Å²) in [5.74, 6) is 1.43. The van der Waals surface area contributed by atoms with E-state index < -0.39 is 0 Å². The van der Waals surface area contributed by atoms with Crippen LogP contribution in [0.5, 0.6) is 17.2 Å². The van der Waals surface area contributed by atoms with Crippen LogP contribution in [0.1, 0.15) is 64.5 Å². The average molecular weight is 526 g/mol. The summed E-state index contributed by atoms with van der Waals surface area (Å²) in [6.07, 6.45) is 5.50. The first-order chi connectivity index (χ1) is 18.8. The third-order valence-corrected chi connectivity index (χ3v) is 7.50. The topological polar surface area (TPSA) is 52.9 Å². The molecule has 0 radical (unpaired) electrons. The first kappa shape index (κ1) is 28.5. The van der Waals surface area contributed by atoms with Crippen molar-refractivity contribution in [3.63, 3.8) is 0 Å². The van der Waals surface area contributed by atoms with Crippen LogP contribution in [0.25, 0.3) is 21.9 Å². The van der Waals surface area contributed by atoms with Gasteiger partial charge in [0.25, 0.3) is 0 Å². The van der Waals surface area contributed by atoms with E-state index in [4.69, 9.17) is 4.74 Å². The number of fused-ring (bicyclic) bond motifs is 1. The molecule has 4 aromatic rings. The van der Waals surface area contributed by atoms with Crippen LogP contribution < -0.4 is 4.74 Å². The van der Waals surface area contributed by atoms with Crippen molar-refractivity contribution in [2.45, 2.75) is 71.9 Å². The Balaban J connectivity index is 1.36. The van der Waals surface area contributed by atoms with Gasteiger partial charge < -0.3 is 14.9 Å². The van der Waals surface area contributed by atoms with Crippen molar-refractivity contribution >= 4 is 10.8 Å². The summed E-state index contributed by atoms with van der Waals surface area (Å²) in [7, 11) is 0. The third kappa shape index (κ3) is 7.77. The summed E-state index contributed by atoms with van der Waals surface area (Å²) < 4.78 is 6.04. The minimum absolute atomic E-state index is 0.255. The SMILES string of the molecule is CC(C)N(CCCCCCOc1ccc(Cc2c(-c3ccc(O)cc3)ccc3cc(O)ccc23)cc1)C(C)C. The number of benzene rings is 4. The Morgan fingerprint density at radius 3 is 2.05 bits per heavy atom. The number of phenolic OH excluding ortho intramolecular Hbond substituents is 2. The van der Waals surface area contributed by atoms with Crippen molar-refractivity contribution in [3.8, 4) is 28.4 Å². The van der Waals surface area contributed by atoms with Crippen LogP contribution in [0.3, 0.4) is 0 Å². The van der Waals surface area contributed by atoms with Gasteiger partial charge in [0, 0.05) is 12.1 Å². The minimum Gasteiger partial charge on any atom is -0.508 e. The number of rotatable bonds is 13. The van der Waals surface area contributed by atoms with Crippen molar-refractivity contribution in [1.29, 1.82) is 0 Å². The van der Waals surface area contributed by atoms with E-state index in [0.29, 0.717) is 12.1 Å². The molecule has 0 bridgehead atoms. The van der Waals surface area contributed by atoms with E-state index in [0.717, 1.165) is 47.1 Å². The highest BCUT2D eigenvalue weighted by atomic mass is 16.5. The van der Waals surface area contributed by atoms with Crippen LogP contribution in [-0.4, -0.2) is 40.3 Å². The molecule has 2 N–H and O–H groups in total. The predicted molar refractivity (Wildman–Crippen MR) is 163 cm³/mol. The van der Waals surface area contributed by atoms with Gasteiger partial charge in [-0.15, -0.1) is 0 Å². The van der Waals surface area contributed by atoms with E-state index in [9.17, 15) is 10.2 Å². The predicted octanol–water partition coefficient (Wildman–Crippen LogP) is 8.57. The van der Waals surface area contributed by atoms with Gasteiger partial charge in [-0.1, -0.05) is 55.3 Å².